The first-order chi connectivity index (χ1) is 14.5. The second kappa shape index (κ2) is 15.3. The minimum Gasteiger partial charge on any atom is -0.465 e. The molecule has 0 atom stereocenters. The highest BCUT2D eigenvalue weighted by Crippen LogP contribution is 2.22. The summed E-state index contributed by atoms with van der Waals surface area (Å²) in [6, 6.07) is 8.02. The van der Waals surface area contributed by atoms with Crippen molar-refractivity contribution in [1.29, 1.82) is 0 Å². The number of anilines is 2. The molecule has 0 radical (unpaired) electrons. The monoisotopic (exact) mass is 457 g/mol. The Morgan fingerprint density at radius 3 is 2.03 bits per heavy atom. The van der Waals surface area contributed by atoms with E-state index in [0.29, 0.717) is 19.0 Å². The molecule has 0 unspecified atom stereocenters. The van der Waals surface area contributed by atoms with Gasteiger partial charge >= 0.3 is 12.1 Å². The van der Waals surface area contributed by atoms with Crippen molar-refractivity contribution in [3.05, 3.63) is 24.3 Å². The molecule has 7 nitrogen and oxygen atoms in total. The topological polar surface area (TPSA) is 62.3 Å². The Balaban J connectivity index is 0.00000218. The third-order valence-corrected chi connectivity index (χ3v) is 6.66. The second-order valence-electron chi connectivity index (χ2n) is 6.46. The number of ether oxygens (including phenoxy) is 2. The van der Waals surface area contributed by atoms with Crippen molar-refractivity contribution in [3.63, 3.8) is 0 Å². The van der Waals surface area contributed by atoms with Gasteiger partial charge in [0.15, 0.2) is 0 Å². The van der Waals surface area contributed by atoms with E-state index in [-0.39, 0.29) is 12.1 Å². The van der Waals surface area contributed by atoms with Crippen LogP contribution >= 0.6 is 21.6 Å². The molecule has 0 bridgehead atoms. The molecule has 1 aromatic rings. The van der Waals surface area contributed by atoms with E-state index in [1.165, 1.54) is 17.5 Å². The number of nitrogens with zero attached hydrogens (tertiary/aromatic N) is 3. The highest BCUT2D eigenvalue weighted by molar-refractivity contribution is 8.76. The highest BCUT2D eigenvalue weighted by atomic mass is 33.1. The summed E-state index contributed by atoms with van der Waals surface area (Å²) in [7, 11) is 7.04. The maximum Gasteiger partial charge on any atom is 0.414 e. The lowest BCUT2D eigenvalue weighted by molar-refractivity contribution is -0.140. The number of likely N-dealkylation sites (N-methyl/N-ethyl adjacent to an activating group) is 1. The first-order valence-electron chi connectivity index (χ1n) is 10.3. The van der Waals surface area contributed by atoms with Gasteiger partial charge in [-0.05, 0) is 31.3 Å². The number of carbonyl (C=O) groups excluding carboxylic acids is 2. The predicted octanol–water partition coefficient (Wildman–Crippen LogP) is 3.98. The van der Waals surface area contributed by atoms with Crippen molar-refractivity contribution in [3.8, 4) is 0 Å². The molecule has 1 aliphatic heterocycles. The molecule has 0 saturated carbocycles. The van der Waals surface area contributed by atoms with Crippen LogP contribution in [0.1, 0.15) is 20.8 Å². The zero-order valence-electron chi connectivity index (χ0n) is 18.8. The van der Waals surface area contributed by atoms with Gasteiger partial charge in [-0.25, -0.2) is 4.79 Å². The smallest absolute Gasteiger partial charge is 0.414 e. The largest absolute Gasteiger partial charge is 0.465 e. The van der Waals surface area contributed by atoms with Gasteiger partial charge < -0.3 is 19.3 Å². The Labute approximate surface area is 188 Å². The number of benzene rings is 1. The lowest BCUT2D eigenvalue weighted by Gasteiger charge is -2.34. The molecule has 30 heavy (non-hydrogen) atoms. The number of esters is 1. The molecule has 1 amide bonds. The number of rotatable bonds is 9. The molecule has 1 aliphatic rings. The molecule has 9 heteroatoms. The highest BCUT2D eigenvalue weighted by Gasteiger charge is 2.16. The molecule has 1 heterocycles. The SMILES string of the molecule is CC.CC(=O)OCCSSCCOC(=O)N(C)c1ccc(N2CCN(C)CC2)cc1. The Kier molecular flexibility index (Phi) is 13.5. The van der Waals surface area contributed by atoms with Crippen LogP contribution in [-0.2, 0) is 14.3 Å². The zero-order chi connectivity index (χ0) is 22.4. The summed E-state index contributed by atoms with van der Waals surface area (Å²) in [6.07, 6.45) is -0.363. The Bertz CT molecular complexity index is 623. The molecular formula is C21H35N3O4S2. The normalized spacial score (nSPS) is 13.8. The fourth-order valence-electron chi connectivity index (χ4n) is 2.65. The molecule has 1 aromatic carbocycles. The van der Waals surface area contributed by atoms with Gasteiger partial charge in [-0.2, -0.15) is 0 Å². The van der Waals surface area contributed by atoms with E-state index in [9.17, 15) is 9.59 Å². The predicted molar refractivity (Wildman–Crippen MR) is 129 cm³/mol. The summed E-state index contributed by atoms with van der Waals surface area (Å²) in [5.74, 6) is 1.14. The fraction of sp³-hybridized carbons (Fsp3) is 0.619. The molecule has 1 saturated heterocycles. The minimum absolute atomic E-state index is 0.265. The van der Waals surface area contributed by atoms with Crippen LogP contribution < -0.4 is 9.80 Å². The summed E-state index contributed by atoms with van der Waals surface area (Å²) in [4.78, 5) is 29.0. The van der Waals surface area contributed by atoms with Crippen LogP contribution in [0.3, 0.4) is 0 Å². The van der Waals surface area contributed by atoms with Crippen molar-refractivity contribution in [2.45, 2.75) is 20.8 Å². The summed E-state index contributed by atoms with van der Waals surface area (Å²) in [5.41, 5.74) is 1.99. The molecular weight excluding hydrogens is 422 g/mol. The Morgan fingerprint density at radius 2 is 1.50 bits per heavy atom. The summed E-state index contributed by atoms with van der Waals surface area (Å²) >= 11 is 0. The summed E-state index contributed by atoms with van der Waals surface area (Å²) < 4.78 is 10.2. The maximum atomic E-state index is 12.2. The summed E-state index contributed by atoms with van der Waals surface area (Å²) in [5, 5.41) is 0. The fourth-order valence-corrected chi connectivity index (χ4v) is 4.31. The van der Waals surface area contributed by atoms with Crippen molar-refractivity contribution >= 4 is 45.0 Å². The molecule has 1 fully saturated rings. The quantitative estimate of drug-likeness (QED) is 0.313. The van der Waals surface area contributed by atoms with Crippen LogP contribution in [0.15, 0.2) is 24.3 Å². The van der Waals surface area contributed by atoms with E-state index in [2.05, 4.69) is 29.0 Å². The van der Waals surface area contributed by atoms with E-state index in [1.54, 1.807) is 28.6 Å². The number of hydrogen-bond acceptors (Lipinski definition) is 8. The molecule has 170 valence electrons. The number of amides is 1. The van der Waals surface area contributed by atoms with E-state index >= 15 is 0 Å². The van der Waals surface area contributed by atoms with E-state index < -0.39 is 0 Å². The second-order valence-corrected chi connectivity index (χ2v) is 9.17. The van der Waals surface area contributed by atoms with Crippen LogP contribution in [0.2, 0.25) is 0 Å². The van der Waals surface area contributed by atoms with Crippen molar-refractivity contribution < 1.29 is 19.1 Å². The van der Waals surface area contributed by atoms with E-state index in [1.807, 2.05) is 26.0 Å². The molecule has 0 aromatic heterocycles. The van der Waals surface area contributed by atoms with Crippen molar-refractivity contribution in [2.24, 2.45) is 0 Å². The van der Waals surface area contributed by atoms with Crippen LogP contribution in [0.4, 0.5) is 16.2 Å². The minimum atomic E-state index is -0.363. The molecule has 0 spiro atoms. The summed E-state index contributed by atoms with van der Waals surface area (Å²) in [6.45, 7) is 10.3. The molecule has 2 rings (SSSR count). The number of piperazine rings is 1. The van der Waals surface area contributed by atoms with Crippen LogP contribution in [-0.4, -0.2) is 82.0 Å². The van der Waals surface area contributed by atoms with E-state index in [0.717, 1.165) is 37.6 Å². The van der Waals surface area contributed by atoms with Crippen LogP contribution in [0.5, 0.6) is 0 Å². The van der Waals surface area contributed by atoms with Gasteiger partial charge in [0.25, 0.3) is 0 Å². The average molecular weight is 458 g/mol. The third-order valence-electron chi connectivity index (χ3n) is 4.33. The molecule has 0 N–H and O–H groups in total. The van der Waals surface area contributed by atoms with Crippen LogP contribution in [0, 0.1) is 0 Å². The van der Waals surface area contributed by atoms with Crippen molar-refractivity contribution in [1.82, 2.24) is 4.90 Å². The van der Waals surface area contributed by atoms with Gasteiger partial charge in [0, 0.05) is 63.0 Å². The lowest BCUT2D eigenvalue weighted by Crippen LogP contribution is -2.44. The molecule has 0 aliphatic carbocycles. The maximum absolute atomic E-state index is 12.2. The van der Waals surface area contributed by atoms with Crippen molar-refractivity contribution in [2.75, 3.05) is 74.8 Å². The van der Waals surface area contributed by atoms with Gasteiger partial charge in [-0.1, -0.05) is 35.4 Å². The lowest BCUT2D eigenvalue weighted by atomic mass is 10.2. The van der Waals surface area contributed by atoms with Gasteiger partial charge in [-0.15, -0.1) is 0 Å². The Morgan fingerprint density at radius 1 is 0.967 bits per heavy atom. The van der Waals surface area contributed by atoms with Crippen LogP contribution in [0.25, 0.3) is 0 Å². The number of carbonyl (C=O) groups is 2. The first kappa shape index (κ1) is 26.5. The Hall–Kier alpha value is -1.58. The zero-order valence-corrected chi connectivity index (χ0v) is 20.4. The van der Waals surface area contributed by atoms with Gasteiger partial charge in [-0.3, -0.25) is 9.69 Å². The third kappa shape index (κ3) is 9.95. The van der Waals surface area contributed by atoms with Gasteiger partial charge in [0.2, 0.25) is 0 Å². The first-order valence-corrected chi connectivity index (χ1v) is 12.8. The standard InChI is InChI=1S/C19H29N3O4S2.C2H6/c1-16(23)25-12-14-27-28-15-13-26-19(24)21(3)17-4-6-18(7-5-17)22-10-8-20(2)9-11-22;1-2/h4-7H,8-15H2,1-3H3;1-2H3. The van der Waals surface area contributed by atoms with Gasteiger partial charge in [0.05, 0.1) is 0 Å². The average Bonchev–Trinajstić information content (AvgIpc) is 2.76. The van der Waals surface area contributed by atoms with E-state index in [4.69, 9.17) is 9.47 Å². The van der Waals surface area contributed by atoms with Gasteiger partial charge in [0.1, 0.15) is 13.2 Å². The number of hydrogen-bond donors (Lipinski definition) is 0.